The molecule has 2 atom stereocenters. The highest BCUT2D eigenvalue weighted by Gasteiger charge is 2.36. The van der Waals surface area contributed by atoms with Gasteiger partial charge in [-0.3, -0.25) is 14.4 Å². The van der Waals surface area contributed by atoms with Gasteiger partial charge in [-0.2, -0.15) is 0 Å². The second-order valence-corrected chi connectivity index (χ2v) is 8.07. The molecule has 1 aromatic carbocycles. The highest BCUT2D eigenvalue weighted by molar-refractivity contribution is 5.94. The molecule has 1 saturated heterocycles. The molecule has 3 amide bonds. The topological polar surface area (TPSA) is 87.7 Å². The van der Waals surface area contributed by atoms with Crippen LogP contribution in [0.15, 0.2) is 24.3 Å². The first-order chi connectivity index (χ1) is 15.0. The van der Waals surface area contributed by atoms with Gasteiger partial charge in [0.15, 0.2) is 0 Å². The van der Waals surface area contributed by atoms with Crippen LogP contribution in [0.2, 0.25) is 0 Å². The Morgan fingerprint density at radius 3 is 2.45 bits per heavy atom. The quantitative estimate of drug-likeness (QED) is 0.498. The number of nitrogens with zero attached hydrogens (tertiary/aromatic N) is 1. The van der Waals surface area contributed by atoms with Crippen molar-refractivity contribution in [2.24, 2.45) is 5.92 Å². The molecule has 0 bridgehead atoms. The minimum Gasteiger partial charge on any atom is -0.497 e. The molecule has 1 aliphatic heterocycles. The van der Waals surface area contributed by atoms with Gasteiger partial charge in [-0.05, 0) is 56.4 Å². The largest absolute Gasteiger partial charge is 0.497 e. The summed E-state index contributed by atoms with van der Waals surface area (Å²) < 4.78 is 5.09. The van der Waals surface area contributed by atoms with E-state index in [4.69, 9.17) is 4.74 Å². The molecule has 7 heteroatoms. The number of hydrogen-bond donors (Lipinski definition) is 2. The fourth-order valence-corrected chi connectivity index (χ4v) is 3.95. The zero-order valence-corrected chi connectivity index (χ0v) is 19.1. The zero-order chi connectivity index (χ0) is 22.6. The number of rotatable bonds is 12. The molecule has 1 fully saturated rings. The fourth-order valence-electron chi connectivity index (χ4n) is 3.95. The van der Waals surface area contributed by atoms with E-state index in [1.807, 2.05) is 6.92 Å². The maximum absolute atomic E-state index is 12.9. The third kappa shape index (κ3) is 7.26. The summed E-state index contributed by atoms with van der Waals surface area (Å²) in [6.45, 7) is 5.77. The Balaban J connectivity index is 1.73. The maximum Gasteiger partial charge on any atom is 0.251 e. The standard InChI is InChI=1S/C24H37N3O4/c1-4-6-9-18(5-2)24(30)27-17-7-10-21(27)23(29)26-16-8-15-25-22(28)19-11-13-20(31-3)14-12-19/h11-14,18,21H,4-10,15-17H2,1-3H3,(H,25,28)(H,26,29)/t18?,21-/m0/s1. The summed E-state index contributed by atoms with van der Waals surface area (Å²) in [6, 6.07) is 6.55. The highest BCUT2D eigenvalue weighted by atomic mass is 16.5. The molecule has 31 heavy (non-hydrogen) atoms. The first-order valence-electron chi connectivity index (χ1n) is 11.5. The second kappa shape index (κ2) is 13.0. The van der Waals surface area contributed by atoms with Crippen LogP contribution in [0.1, 0.15) is 69.2 Å². The van der Waals surface area contributed by atoms with E-state index in [-0.39, 0.29) is 29.7 Å². The molecule has 0 aromatic heterocycles. The smallest absolute Gasteiger partial charge is 0.251 e. The highest BCUT2D eigenvalue weighted by Crippen LogP contribution is 2.24. The molecule has 1 unspecified atom stereocenters. The van der Waals surface area contributed by atoms with Crippen molar-refractivity contribution in [3.63, 3.8) is 0 Å². The van der Waals surface area contributed by atoms with Crippen molar-refractivity contribution in [3.05, 3.63) is 29.8 Å². The van der Waals surface area contributed by atoms with Crippen LogP contribution in [0, 0.1) is 5.92 Å². The molecule has 2 N–H and O–H groups in total. The van der Waals surface area contributed by atoms with Crippen LogP contribution in [0.25, 0.3) is 0 Å². The molecule has 0 radical (unpaired) electrons. The number of hydrogen-bond acceptors (Lipinski definition) is 4. The molecule has 1 aromatic rings. The Bertz CT molecular complexity index is 720. The summed E-state index contributed by atoms with van der Waals surface area (Å²) in [6.07, 6.45) is 6.03. The van der Waals surface area contributed by atoms with Crippen molar-refractivity contribution in [1.29, 1.82) is 0 Å². The van der Waals surface area contributed by atoms with Gasteiger partial charge in [0.2, 0.25) is 11.8 Å². The van der Waals surface area contributed by atoms with Gasteiger partial charge in [0.25, 0.3) is 5.91 Å². The van der Waals surface area contributed by atoms with E-state index in [0.717, 1.165) is 38.5 Å². The maximum atomic E-state index is 12.9. The van der Waals surface area contributed by atoms with Crippen molar-refractivity contribution in [2.45, 2.75) is 64.8 Å². The van der Waals surface area contributed by atoms with Crippen LogP contribution < -0.4 is 15.4 Å². The van der Waals surface area contributed by atoms with E-state index < -0.39 is 0 Å². The van der Waals surface area contributed by atoms with Crippen molar-refractivity contribution in [3.8, 4) is 5.75 Å². The van der Waals surface area contributed by atoms with E-state index in [9.17, 15) is 14.4 Å². The van der Waals surface area contributed by atoms with E-state index in [1.165, 1.54) is 0 Å². The lowest BCUT2D eigenvalue weighted by atomic mass is 9.97. The lowest BCUT2D eigenvalue weighted by molar-refractivity contribution is -0.141. The molecule has 7 nitrogen and oxygen atoms in total. The molecule has 0 spiro atoms. The third-order valence-electron chi connectivity index (χ3n) is 5.88. The second-order valence-electron chi connectivity index (χ2n) is 8.07. The SMILES string of the molecule is CCCCC(CC)C(=O)N1CCC[C@H]1C(=O)NCCCNC(=O)c1ccc(OC)cc1. The van der Waals surface area contributed by atoms with Gasteiger partial charge in [-0.15, -0.1) is 0 Å². The van der Waals surface area contributed by atoms with Crippen molar-refractivity contribution < 1.29 is 19.1 Å². The van der Waals surface area contributed by atoms with Gasteiger partial charge in [0.1, 0.15) is 11.8 Å². The predicted molar refractivity (Wildman–Crippen MR) is 121 cm³/mol. The van der Waals surface area contributed by atoms with Crippen LogP contribution in [0.4, 0.5) is 0 Å². The normalized spacial score (nSPS) is 16.6. The summed E-state index contributed by atoms with van der Waals surface area (Å²) in [5.74, 6) is 0.605. The molecule has 1 aliphatic rings. The number of nitrogens with one attached hydrogen (secondary N) is 2. The zero-order valence-electron chi connectivity index (χ0n) is 19.1. The average Bonchev–Trinajstić information content (AvgIpc) is 3.29. The number of amides is 3. The van der Waals surface area contributed by atoms with E-state index in [1.54, 1.807) is 36.3 Å². The molecule has 2 rings (SSSR count). The van der Waals surface area contributed by atoms with Crippen LogP contribution in [-0.4, -0.2) is 55.4 Å². The number of carbonyl (C=O) groups is 3. The Kier molecular flexibility index (Phi) is 10.3. The molecule has 0 aliphatic carbocycles. The third-order valence-corrected chi connectivity index (χ3v) is 5.88. The van der Waals surface area contributed by atoms with Crippen molar-refractivity contribution in [1.82, 2.24) is 15.5 Å². The molecule has 0 saturated carbocycles. The number of methoxy groups -OCH3 is 1. The predicted octanol–water partition coefficient (Wildman–Crippen LogP) is 3.14. The van der Waals surface area contributed by atoms with E-state index in [2.05, 4.69) is 17.6 Å². The molecule has 172 valence electrons. The Morgan fingerprint density at radius 2 is 1.81 bits per heavy atom. The van der Waals surface area contributed by atoms with Gasteiger partial charge in [0.05, 0.1) is 7.11 Å². The van der Waals surface area contributed by atoms with Gasteiger partial charge in [-0.1, -0.05) is 26.7 Å². The molecular formula is C24H37N3O4. The van der Waals surface area contributed by atoms with Gasteiger partial charge >= 0.3 is 0 Å². The fraction of sp³-hybridized carbons (Fsp3) is 0.625. The first-order valence-corrected chi connectivity index (χ1v) is 11.5. The van der Waals surface area contributed by atoms with Gasteiger partial charge in [-0.25, -0.2) is 0 Å². The lowest BCUT2D eigenvalue weighted by Gasteiger charge is -2.28. The lowest BCUT2D eigenvalue weighted by Crippen LogP contribution is -2.48. The molecule has 1 heterocycles. The Morgan fingerprint density at radius 1 is 1.10 bits per heavy atom. The van der Waals surface area contributed by atoms with Crippen LogP contribution >= 0.6 is 0 Å². The Hall–Kier alpha value is -2.57. The minimum absolute atomic E-state index is 0.0153. The number of likely N-dealkylation sites (tertiary alicyclic amines) is 1. The van der Waals surface area contributed by atoms with Crippen LogP contribution in [-0.2, 0) is 9.59 Å². The summed E-state index contributed by atoms with van der Waals surface area (Å²) in [4.78, 5) is 39.5. The summed E-state index contributed by atoms with van der Waals surface area (Å²) in [5.41, 5.74) is 0.568. The van der Waals surface area contributed by atoms with Crippen LogP contribution in [0.5, 0.6) is 5.75 Å². The first kappa shape index (κ1) is 24.7. The Labute approximate surface area is 185 Å². The average molecular weight is 432 g/mol. The summed E-state index contributed by atoms with van der Waals surface area (Å²) in [5, 5.41) is 5.79. The number of benzene rings is 1. The van der Waals surface area contributed by atoms with Gasteiger partial charge in [0, 0.05) is 31.1 Å². The van der Waals surface area contributed by atoms with E-state index in [0.29, 0.717) is 37.4 Å². The summed E-state index contributed by atoms with van der Waals surface area (Å²) >= 11 is 0. The minimum atomic E-state index is -0.364. The number of ether oxygens (including phenoxy) is 1. The van der Waals surface area contributed by atoms with E-state index >= 15 is 0 Å². The number of carbonyl (C=O) groups excluding carboxylic acids is 3. The van der Waals surface area contributed by atoms with Gasteiger partial charge < -0.3 is 20.3 Å². The van der Waals surface area contributed by atoms with Crippen LogP contribution in [0.3, 0.4) is 0 Å². The monoisotopic (exact) mass is 431 g/mol. The summed E-state index contributed by atoms with van der Waals surface area (Å²) in [7, 11) is 1.58. The number of unbranched alkanes of at least 4 members (excludes halogenated alkanes) is 1. The molecular weight excluding hydrogens is 394 g/mol. The van der Waals surface area contributed by atoms with Crippen molar-refractivity contribution >= 4 is 17.7 Å². The van der Waals surface area contributed by atoms with Crippen molar-refractivity contribution in [2.75, 3.05) is 26.7 Å².